The summed E-state index contributed by atoms with van der Waals surface area (Å²) in [5.41, 5.74) is 0. The van der Waals surface area contributed by atoms with Gasteiger partial charge in [-0.05, 0) is 18.9 Å². The molecule has 1 N–H and O–H groups in total. The van der Waals surface area contributed by atoms with Crippen molar-refractivity contribution in [3.05, 3.63) is 0 Å². The molecule has 1 aliphatic rings. The zero-order chi connectivity index (χ0) is 12.3. The molecule has 94 valence electrons. The van der Waals surface area contributed by atoms with E-state index in [4.69, 9.17) is 0 Å². The average Bonchev–Trinajstić information content (AvgIpc) is 2.40. The predicted octanol–water partition coefficient (Wildman–Crippen LogP) is 1.40. The summed E-state index contributed by atoms with van der Waals surface area (Å²) in [7, 11) is 0. The van der Waals surface area contributed by atoms with Crippen molar-refractivity contribution in [1.82, 2.24) is 10.2 Å². The summed E-state index contributed by atoms with van der Waals surface area (Å²) in [5.74, 6) is -1.51. The topological polar surface area (TPSA) is 32.3 Å². The van der Waals surface area contributed by atoms with Crippen LogP contribution in [0, 0.1) is 5.92 Å². The maximum Gasteiger partial charge on any atom is 0.471 e. The summed E-state index contributed by atoms with van der Waals surface area (Å²) < 4.78 is 36.8. The number of amides is 1. The lowest BCUT2D eigenvalue weighted by molar-refractivity contribution is -0.185. The Morgan fingerprint density at radius 2 is 2.06 bits per heavy atom. The molecule has 0 saturated carbocycles. The highest BCUT2D eigenvalue weighted by molar-refractivity contribution is 5.81. The Labute approximate surface area is 93.0 Å². The Morgan fingerprint density at radius 1 is 1.44 bits per heavy atom. The quantitative estimate of drug-likeness (QED) is 0.748. The molecular weight excluding hydrogens is 221 g/mol. The van der Waals surface area contributed by atoms with Crippen LogP contribution < -0.4 is 5.32 Å². The fourth-order valence-electron chi connectivity index (χ4n) is 1.76. The van der Waals surface area contributed by atoms with Gasteiger partial charge in [-0.3, -0.25) is 4.79 Å². The number of nitrogens with zero attached hydrogens (tertiary/aromatic N) is 1. The molecule has 0 aromatic rings. The second kappa shape index (κ2) is 5.03. The maximum atomic E-state index is 12.3. The van der Waals surface area contributed by atoms with Gasteiger partial charge in [-0.2, -0.15) is 13.2 Å². The van der Waals surface area contributed by atoms with Crippen molar-refractivity contribution in [2.24, 2.45) is 5.92 Å². The molecule has 16 heavy (non-hydrogen) atoms. The number of hydrogen-bond acceptors (Lipinski definition) is 2. The number of rotatable bonds is 1. The molecular formula is C10H17F3N2O. The Kier molecular flexibility index (Phi) is 4.18. The molecule has 1 aliphatic heterocycles. The molecule has 0 aromatic carbocycles. The fourth-order valence-corrected chi connectivity index (χ4v) is 1.76. The molecule has 3 nitrogen and oxygen atoms in total. The van der Waals surface area contributed by atoms with Crippen LogP contribution in [0.15, 0.2) is 0 Å². The number of hydrogen-bond donors (Lipinski definition) is 1. The molecule has 0 bridgehead atoms. The Balaban J connectivity index is 2.69. The lowest BCUT2D eigenvalue weighted by Gasteiger charge is -2.27. The Hall–Kier alpha value is -0.780. The highest BCUT2D eigenvalue weighted by Crippen LogP contribution is 2.20. The van der Waals surface area contributed by atoms with Crippen LogP contribution in [0.2, 0.25) is 0 Å². The minimum atomic E-state index is -4.76. The fraction of sp³-hybridized carbons (Fsp3) is 0.900. The van der Waals surface area contributed by atoms with E-state index in [-0.39, 0.29) is 25.0 Å². The first-order valence-electron chi connectivity index (χ1n) is 5.42. The molecule has 0 spiro atoms. The van der Waals surface area contributed by atoms with Crippen molar-refractivity contribution in [2.75, 3.05) is 19.6 Å². The normalized spacial score (nSPS) is 23.4. The molecule has 0 aliphatic carbocycles. The van der Waals surface area contributed by atoms with Crippen LogP contribution in [0.25, 0.3) is 0 Å². The predicted molar refractivity (Wildman–Crippen MR) is 53.9 cm³/mol. The van der Waals surface area contributed by atoms with Gasteiger partial charge in [0.2, 0.25) is 0 Å². The van der Waals surface area contributed by atoms with E-state index in [1.807, 2.05) is 13.8 Å². The van der Waals surface area contributed by atoms with Crippen molar-refractivity contribution in [1.29, 1.82) is 0 Å². The van der Waals surface area contributed by atoms with E-state index in [0.29, 0.717) is 13.0 Å². The Bertz CT molecular complexity index is 253. The van der Waals surface area contributed by atoms with Crippen LogP contribution in [0.1, 0.15) is 20.3 Å². The highest BCUT2D eigenvalue weighted by Gasteiger charge is 2.43. The minimum absolute atomic E-state index is 0.0613. The van der Waals surface area contributed by atoms with Crippen LogP contribution in [-0.2, 0) is 4.79 Å². The van der Waals surface area contributed by atoms with E-state index in [9.17, 15) is 18.0 Å². The van der Waals surface area contributed by atoms with Gasteiger partial charge in [-0.1, -0.05) is 13.8 Å². The van der Waals surface area contributed by atoms with E-state index >= 15 is 0 Å². The summed E-state index contributed by atoms with van der Waals surface area (Å²) in [6.07, 6.45) is -4.20. The van der Waals surface area contributed by atoms with Gasteiger partial charge < -0.3 is 10.2 Å². The van der Waals surface area contributed by atoms with Gasteiger partial charge in [0.25, 0.3) is 0 Å². The summed E-state index contributed by atoms with van der Waals surface area (Å²) >= 11 is 0. The van der Waals surface area contributed by atoms with E-state index in [1.54, 1.807) is 0 Å². The smallest absolute Gasteiger partial charge is 0.333 e. The monoisotopic (exact) mass is 238 g/mol. The zero-order valence-corrected chi connectivity index (χ0v) is 9.47. The van der Waals surface area contributed by atoms with Crippen molar-refractivity contribution < 1.29 is 18.0 Å². The molecule has 1 atom stereocenters. The average molecular weight is 238 g/mol. The lowest BCUT2D eigenvalue weighted by Crippen LogP contribution is -2.47. The van der Waals surface area contributed by atoms with Crippen LogP contribution in [0.5, 0.6) is 0 Å². The van der Waals surface area contributed by atoms with E-state index < -0.39 is 12.1 Å². The van der Waals surface area contributed by atoms with Gasteiger partial charge in [0.05, 0.1) is 0 Å². The summed E-state index contributed by atoms with van der Waals surface area (Å²) in [6, 6.07) is -0.0613. The van der Waals surface area contributed by atoms with Crippen molar-refractivity contribution in [2.45, 2.75) is 32.5 Å². The van der Waals surface area contributed by atoms with E-state index in [1.165, 1.54) is 0 Å². The molecule has 0 radical (unpaired) electrons. The van der Waals surface area contributed by atoms with Gasteiger partial charge in [0.1, 0.15) is 0 Å². The third-order valence-electron chi connectivity index (χ3n) is 2.76. The van der Waals surface area contributed by atoms with Gasteiger partial charge in [-0.15, -0.1) is 0 Å². The molecule has 1 rings (SSSR count). The second-order valence-electron chi connectivity index (χ2n) is 4.41. The molecule has 1 saturated heterocycles. The molecule has 1 heterocycles. The van der Waals surface area contributed by atoms with Crippen molar-refractivity contribution in [3.63, 3.8) is 0 Å². The number of carbonyl (C=O) groups is 1. The van der Waals surface area contributed by atoms with Gasteiger partial charge in [-0.25, -0.2) is 0 Å². The van der Waals surface area contributed by atoms with Crippen LogP contribution in [0.4, 0.5) is 13.2 Å². The SMILES string of the molecule is CC(C)C1CN(C(=O)C(F)(F)F)CCCN1. The highest BCUT2D eigenvalue weighted by atomic mass is 19.4. The number of carbonyl (C=O) groups excluding carboxylic acids is 1. The minimum Gasteiger partial charge on any atom is -0.333 e. The van der Waals surface area contributed by atoms with E-state index in [2.05, 4.69) is 5.32 Å². The Morgan fingerprint density at radius 3 is 2.56 bits per heavy atom. The summed E-state index contributed by atoms with van der Waals surface area (Å²) in [5, 5.41) is 3.16. The third-order valence-corrected chi connectivity index (χ3v) is 2.76. The van der Waals surface area contributed by atoms with Crippen LogP contribution in [-0.4, -0.2) is 42.7 Å². The first kappa shape index (κ1) is 13.3. The number of nitrogens with one attached hydrogen (secondary N) is 1. The second-order valence-corrected chi connectivity index (χ2v) is 4.41. The molecule has 1 unspecified atom stereocenters. The van der Waals surface area contributed by atoms with Gasteiger partial charge in [0, 0.05) is 19.1 Å². The third kappa shape index (κ3) is 3.37. The van der Waals surface area contributed by atoms with Crippen LogP contribution in [0.3, 0.4) is 0 Å². The lowest BCUT2D eigenvalue weighted by atomic mass is 10.0. The van der Waals surface area contributed by atoms with E-state index in [0.717, 1.165) is 4.90 Å². The molecule has 1 amide bonds. The molecule has 6 heteroatoms. The van der Waals surface area contributed by atoms with Crippen molar-refractivity contribution in [3.8, 4) is 0 Å². The largest absolute Gasteiger partial charge is 0.471 e. The van der Waals surface area contributed by atoms with Gasteiger partial charge >= 0.3 is 12.1 Å². The maximum absolute atomic E-state index is 12.3. The molecule has 1 fully saturated rings. The van der Waals surface area contributed by atoms with Gasteiger partial charge in [0.15, 0.2) is 0 Å². The van der Waals surface area contributed by atoms with Crippen molar-refractivity contribution >= 4 is 5.91 Å². The first-order chi connectivity index (χ1) is 7.32. The first-order valence-corrected chi connectivity index (χ1v) is 5.42. The standard InChI is InChI=1S/C10H17F3N2O/c1-7(2)8-6-15(5-3-4-14-8)9(16)10(11,12)13/h7-8,14H,3-6H2,1-2H3. The number of halogens is 3. The number of alkyl halides is 3. The summed E-state index contributed by atoms with van der Waals surface area (Å²) in [6.45, 7) is 4.83. The van der Waals surface area contributed by atoms with Crippen LogP contribution >= 0.6 is 0 Å². The molecule has 0 aromatic heterocycles. The summed E-state index contributed by atoms with van der Waals surface area (Å²) in [4.78, 5) is 12.0. The zero-order valence-electron chi connectivity index (χ0n) is 9.47.